The Morgan fingerprint density at radius 2 is 2.12 bits per heavy atom. The number of aromatic amines is 1. The molecule has 84 valence electrons. The smallest absolute Gasteiger partial charge is 0.304 e. The number of aromatic nitrogens is 3. The Labute approximate surface area is 95.1 Å². The molecule has 5 heteroatoms. The van der Waals surface area contributed by atoms with E-state index >= 15 is 0 Å². The van der Waals surface area contributed by atoms with Crippen LogP contribution in [0.15, 0.2) is 17.1 Å². The van der Waals surface area contributed by atoms with Crippen molar-refractivity contribution in [3.8, 4) is 0 Å². The van der Waals surface area contributed by atoms with E-state index in [1.54, 1.807) is 10.8 Å². The fourth-order valence-corrected chi connectivity index (χ4v) is 1.79. The first kappa shape index (κ1) is 11.0. The zero-order valence-electron chi connectivity index (χ0n) is 10.1. The molecule has 0 spiro atoms. The second-order valence-electron chi connectivity index (χ2n) is 4.67. The highest BCUT2D eigenvalue weighted by Gasteiger charge is 2.16. The Balaban J connectivity index is 2.70. The number of pyridine rings is 1. The Morgan fingerprint density at radius 1 is 1.44 bits per heavy atom. The highest BCUT2D eigenvalue weighted by molar-refractivity contribution is 6.32. The monoisotopic (exact) mass is 217 g/mol. The quantitative estimate of drug-likeness (QED) is 0.730. The fraction of sp³-hybridized carbons (Fsp3) is 0.455. The van der Waals surface area contributed by atoms with Gasteiger partial charge in [0.05, 0.1) is 5.52 Å². The molecule has 0 aliphatic rings. The van der Waals surface area contributed by atoms with Crippen molar-refractivity contribution in [1.29, 1.82) is 0 Å². The summed E-state index contributed by atoms with van der Waals surface area (Å²) in [5.41, 5.74) is 2.54. The predicted octanol–water partition coefficient (Wildman–Crippen LogP) is 0.200. The second-order valence-corrected chi connectivity index (χ2v) is 4.67. The van der Waals surface area contributed by atoms with Crippen molar-refractivity contribution in [1.82, 2.24) is 14.5 Å². The molecule has 16 heavy (non-hydrogen) atoms. The van der Waals surface area contributed by atoms with Gasteiger partial charge in [0.15, 0.2) is 5.65 Å². The van der Waals surface area contributed by atoms with Crippen LogP contribution in [-0.2, 0) is 0 Å². The molecule has 2 aromatic heterocycles. The van der Waals surface area contributed by atoms with E-state index in [2.05, 4.69) is 23.8 Å². The second kappa shape index (κ2) is 3.81. The molecule has 2 rings (SSSR count). The first-order valence-electron chi connectivity index (χ1n) is 5.57. The summed E-state index contributed by atoms with van der Waals surface area (Å²) >= 11 is 0. The Kier molecular flexibility index (Phi) is 2.62. The van der Waals surface area contributed by atoms with E-state index in [0.717, 1.165) is 16.6 Å². The van der Waals surface area contributed by atoms with Gasteiger partial charge in [-0.05, 0) is 18.9 Å². The van der Waals surface area contributed by atoms with E-state index < -0.39 is 0 Å². The summed E-state index contributed by atoms with van der Waals surface area (Å²) in [6.45, 7) is 6.25. The predicted molar refractivity (Wildman–Crippen MR) is 68.1 cm³/mol. The molecular weight excluding hydrogens is 201 g/mol. The third-order valence-electron chi connectivity index (χ3n) is 3.06. The maximum atomic E-state index is 11.9. The molecular formula is C11H16BN3O. The van der Waals surface area contributed by atoms with Gasteiger partial charge in [0.2, 0.25) is 0 Å². The van der Waals surface area contributed by atoms with Gasteiger partial charge < -0.3 is 4.98 Å². The minimum absolute atomic E-state index is 0.0747. The molecule has 0 saturated heterocycles. The molecule has 0 aromatic carbocycles. The average molecular weight is 217 g/mol. The zero-order chi connectivity index (χ0) is 11.9. The Bertz CT molecular complexity index is 570. The molecule has 0 bridgehead atoms. The number of fused-ring (bicyclic) bond motifs is 1. The molecule has 1 atom stereocenters. The molecule has 0 fully saturated rings. The lowest BCUT2D eigenvalue weighted by molar-refractivity contribution is 0.406. The van der Waals surface area contributed by atoms with E-state index in [0.29, 0.717) is 5.92 Å². The molecule has 2 heterocycles. The van der Waals surface area contributed by atoms with Crippen molar-refractivity contribution in [2.45, 2.75) is 26.8 Å². The summed E-state index contributed by atoms with van der Waals surface area (Å²) in [4.78, 5) is 19.0. The summed E-state index contributed by atoms with van der Waals surface area (Å²) in [5, 5.41) is 0. The van der Waals surface area contributed by atoms with E-state index in [1.807, 2.05) is 20.8 Å². The summed E-state index contributed by atoms with van der Waals surface area (Å²) in [6, 6.07) is 2.10. The SMILES string of the molecule is Bc1cnc2c(c1)[nH]c(=O)n2C(C)C(C)C. The van der Waals surface area contributed by atoms with Crippen LogP contribution >= 0.6 is 0 Å². The van der Waals surface area contributed by atoms with Crippen molar-refractivity contribution in [2.24, 2.45) is 5.92 Å². The highest BCUT2D eigenvalue weighted by Crippen LogP contribution is 2.18. The topological polar surface area (TPSA) is 50.7 Å². The first-order chi connectivity index (χ1) is 7.50. The number of rotatable bonds is 2. The van der Waals surface area contributed by atoms with Crippen molar-refractivity contribution in [3.05, 3.63) is 22.7 Å². The lowest BCUT2D eigenvalue weighted by atomic mass is 9.99. The van der Waals surface area contributed by atoms with Crippen molar-refractivity contribution in [2.75, 3.05) is 0 Å². The molecule has 2 aromatic rings. The van der Waals surface area contributed by atoms with Crippen LogP contribution in [0, 0.1) is 5.92 Å². The van der Waals surface area contributed by atoms with Crippen LogP contribution in [0.25, 0.3) is 11.2 Å². The highest BCUT2D eigenvalue weighted by atomic mass is 16.1. The zero-order valence-corrected chi connectivity index (χ0v) is 10.1. The van der Waals surface area contributed by atoms with Crippen LogP contribution in [0.5, 0.6) is 0 Å². The third kappa shape index (κ3) is 1.66. The average Bonchev–Trinajstić information content (AvgIpc) is 2.51. The molecule has 0 radical (unpaired) electrons. The number of hydrogen-bond donors (Lipinski definition) is 1. The summed E-state index contributed by atoms with van der Waals surface area (Å²) in [5.74, 6) is 0.403. The molecule has 0 aliphatic heterocycles. The minimum Gasteiger partial charge on any atom is -0.304 e. The van der Waals surface area contributed by atoms with Gasteiger partial charge in [-0.2, -0.15) is 0 Å². The van der Waals surface area contributed by atoms with Gasteiger partial charge in [0.1, 0.15) is 7.85 Å². The fourth-order valence-electron chi connectivity index (χ4n) is 1.79. The van der Waals surface area contributed by atoms with Crippen LogP contribution in [0.3, 0.4) is 0 Å². The molecule has 0 aliphatic carbocycles. The van der Waals surface area contributed by atoms with E-state index in [-0.39, 0.29) is 11.7 Å². The van der Waals surface area contributed by atoms with Gasteiger partial charge in [0.25, 0.3) is 0 Å². The van der Waals surface area contributed by atoms with Gasteiger partial charge in [0, 0.05) is 12.2 Å². The van der Waals surface area contributed by atoms with Crippen LogP contribution in [0.2, 0.25) is 0 Å². The minimum atomic E-state index is -0.0747. The van der Waals surface area contributed by atoms with Crippen molar-refractivity contribution < 1.29 is 0 Å². The Hall–Kier alpha value is -1.52. The van der Waals surface area contributed by atoms with Gasteiger partial charge in [-0.15, -0.1) is 0 Å². The first-order valence-corrected chi connectivity index (χ1v) is 5.57. The normalized spacial score (nSPS) is 13.5. The van der Waals surface area contributed by atoms with Gasteiger partial charge in [-0.25, -0.2) is 9.78 Å². The molecule has 0 saturated carbocycles. The standard InChI is InChI=1S/C11H16BN3O/c1-6(2)7(3)15-10-9(14-11(15)16)4-8(12)5-13-10/h4-7H,12H2,1-3H3,(H,14,16). The summed E-state index contributed by atoms with van der Waals surface area (Å²) in [6.07, 6.45) is 1.79. The van der Waals surface area contributed by atoms with Gasteiger partial charge >= 0.3 is 5.69 Å². The van der Waals surface area contributed by atoms with E-state index in [4.69, 9.17) is 0 Å². The lowest BCUT2D eigenvalue weighted by Crippen LogP contribution is -2.24. The van der Waals surface area contributed by atoms with Crippen LogP contribution in [-0.4, -0.2) is 22.4 Å². The van der Waals surface area contributed by atoms with Crippen LogP contribution in [0.1, 0.15) is 26.8 Å². The van der Waals surface area contributed by atoms with E-state index in [1.165, 1.54) is 0 Å². The van der Waals surface area contributed by atoms with Gasteiger partial charge in [-0.3, -0.25) is 4.57 Å². The number of hydrogen-bond acceptors (Lipinski definition) is 2. The lowest BCUT2D eigenvalue weighted by Gasteiger charge is -2.16. The molecule has 4 nitrogen and oxygen atoms in total. The number of H-pyrrole nitrogens is 1. The van der Waals surface area contributed by atoms with E-state index in [9.17, 15) is 4.79 Å². The maximum Gasteiger partial charge on any atom is 0.327 e. The maximum absolute atomic E-state index is 11.9. The third-order valence-corrected chi connectivity index (χ3v) is 3.06. The molecule has 1 unspecified atom stereocenters. The number of nitrogens with one attached hydrogen (secondary N) is 1. The van der Waals surface area contributed by atoms with Crippen LogP contribution < -0.4 is 11.2 Å². The Morgan fingerprint density at radius 3 is 2.75 bits per heavy atom. The molecule has 0 amide bonds. The van der Waals surface area contributed by atoms with Crippen molar-refractivity contribution in [3.63, 3.8) is 0 Å². The van der Waals surface area contributed by atoms with Gasteiger partial charge in [-0.1, -0.05) is 19.3 Å². The number of imidazole rings is 1. The summed E-state index contributed by atoms with van der Waals surface area (Å²) in [7, 11) is 1.97. The largest absolute Gasteiger partial charge is 0.327 e. The van der Waals surface area contributed by atoms with Crippen molar-refractivity contribution >= 4 is 24.5 Å². The van der Waals surface area contributed by atoms with Crippen LogP contribution in [0.4, 0.5) is 0 Å². The summed E-state index contributed by atoms with van der Waals surface area (Å²) < 4.78 is 1.74. The number of nitrogens with zero attached hydrogens (tertiary/aromatic N) is 2. The molecule has 1 N–H and O–H groups in total.